The third-order valence-electron chi connectivity index (χ3n) is 7.01. The number of rotatable bonds is 9. The van der Waals surface area contributed by atoms with Crippen molar-refractivity contribution in [3.8, 4) is 5.75 Å². The zero-order valence-corrected chi connectivity index (χ0v) is 23.8. The second-order valence-corrected chi connectivity index (χ2v) is 13.8. The lowest BCUT2D eigenvalue weighted by molar-refractivity contribution is -0.126. The highest BCUT2D eigenvalue weighted by Gasteiger charge is 2.32. The Labute approximate surface area is 230 Å². The number of carbonyl (C=O) groups is 1. The summed E-state index contributed by atoms with van der Waals surface area (Å²) in [6.07, 6.45) is 3.62. The summed E-state index contributed by atoms with van der Waals surface area (Å²) in [6.45, 7) is 4.07. The van der Waals surface area contributed by atoms with E-state index in [4.69, 9.17) is 16.3 Å². The van der Waals surface area contributed by atoms with Gasteiger partial charge in [-0.25, -0.2) is 16.8 Å². The molecule has 2 heterocycles. The van der Waals surface area contributed by atoms with E-state index in [1.54, 1.807) is 30.3 Å². The number of hydrogen-bond acceptors (Lipinski definition) is 6. The van der Waals surface area contributed by atoms with Gasteiger partial charge in [-0.15, -0.1) is 0 Å². The Morgan fingerprint density at radius 2 is 1.47 bits per heavy atom. The van der Waals surface area contributed by atoms with Crippen molar-refractivity contribution in [2.24, 2.45) is 5.92 Å². The molecule has 2 saturated heterocycles. The number of benzene rings is 2. The fourth-order valence-corrected chi connectivity index (χ4v) is 8.10. The van der Waals surface area contributed by atoms with Crippen LogP contribution in [-0.4, -0.2) is 64.1 Å². The van der Waals surface area contributed by atoms with Crippen molar-refractivity contribution in [2.45, 2.75) is 55.4 Å². The molecule has 9 nitrogen and oxygen atoms in total. The molecule has 208 valence electrons. The van der Waals surface area contributed by atoms with Gasteiger partial charge in [-0.3, -0.25) is 4.79 Å². The van der Waals surface area contributed by atoms with Crippen LogP contribution in [0.4, 0.5) is 0 Å². The van der Waals surface area contributed by atoms with Gasteiger partial charge in [-0.05, 0) is 68.5 Å². The largest absolute Gasteiger partial charge is 0.492 e. The van der Waals surface area contributed by atoms with E-state index < -0.39 is 20.0 Å². The number of hydrogen-bond donors (Lipinski definition) is 1. The fraction of sp³-hybridized carbons (Fsp3) is 0.500. The predicted molar refractivity (Wildman–Crippen MR) is 145 cm³/mol. The van der Waals surface area contributed by atoms with Gasteiger partial charge in [0.15, 0.2) is 0 Å². The Balaban J connectivity index is 1.29. The highest BCUT2D eigenvalue weighted by Crippen LogP contribution is 2.30. The third kappa shape index (κ3) is 6.51. The van der Waals surface area contributed by atoms with Crippen molar-refractivity contribution in [1.29, 1.82) is 0 Å². The molecule has 2 aromatic rings. The van der Waals surface area contributed by atoms with E-state index >= 15 is 0 Å². The molecule has 1 amide bonds. The molecule has 2 fully saturated rings. The minimum absolute atomic E-state index is 0.0969. The lowest BCUT2D eigenvalue weighted by atomic mass is 9.97. The maximum absolute atomic E-state index is 13.1. The summed E-state index contributed by atoms with van der Waals surface area (Å²) in [5, 5.41) is 3.14. The van der Waals surface area contributed by atoms with Crippen molar-refractivity contribution in [1.82, 2.24) is 13.9 Å². The average Bonchev–Trinajstić information content (AvgIpc) is 2.93. The van der Waals surface area contributed by atoms with E-state index in [0.717, 1.165) is 24.8 Å². The number of nitrogens with one attached hydrogen (secondary N) is 1. The van der Waals surface area contributed by atoms with Crippen LogP contribution in [0.1, 0.15) is 44.6 Å². The van der Waals surface area contributed by atoms with Crippen LogP contribution < -0.4 is 10.1 Å². The Bertz CT molecular complexity index is 1340. The summed E-state index contributed by atoms with van der Waals surface area (Å²) in [5.41, 5.74) is 0.795. The lowest BCUT2D eigenvalue weighted by Crippen LogP contribution is -2.42. The first-order valence-corrected chi connectivity index (χ1v) is 16.2. The summed E-state index contributed by atoms with van der Waals surface area (Å²) >= 11 is 6.18. The van der Waals surface area contributed by atoms with E-state index in [0.29, 0.717) is 38.3 Å². The summed E-state index contributed by atoms with van der Waals surface area (Å²) in [5.74, 6) is -0.0120. The Morgan fingerprint density at radius 1 is 0.895 bits per heavy atom. The van der Waals surface area contributed by atoms with Crippen LogP contribution in [0, 0.1) is 5.92 Å². The first kappa shape index (κ1) is 28.8. The van der Waals surface area contributed by atoms with Crippen molar-refractivity contribution < 1.29 is 26.4 Å². The first-order chi connectivity index (χ1) is 18.1. The number of nitrogens with zero attached hydrogens (tertiary/aromatic N) is 2. The van der Waals surface area contributed by atoms with Crippen LogP contribution in [0.25, 0.3) is 0 Å². The topological polar surface area (TPSA) is 113 Å². The lowest BCUT2D eigenvalue weighted by Gasteiger charge is -2.30. The van der Waals surface area contributed by atoms with Crippen LogP contribution >= 0.6 is 11.6 Å². The second kappa shape index (κ2) is 12.3. The standard InChI is InChI=1S/C26H34ClN3O6S2/c1-2-36-25-11-10-23(18-24(25)27)38(34,35)30-16-12-21(13-17-30)26(31)28-19-20-6-8-22(9-7-20)37(32,33)29-14-4-3-5-15-29/h6-11,18,21H,2-5,12-17,19H2,1H3,(H,28,31). The Hall–Kier alpha value is -2.18. The summed E-state index contributed by atoms with van der Waals surface area (Å²) in [6, 6.07) is 11.0. The van der Waals surface area contributed by atoms with E-state index in [9.17, 15) is 21.6 Å². The van der Waals surface area contributed by atoms with E-state index in [2.05, 4.69) is 5.32 Å². The van der Waals surface area contributed by atoms with Crippen molar-refractivity contribution in [2.75, 3.05) is 32.8 Å². The quantitative estimate of drug-likeness (QED) is 0.482. The van der Waals surface area contributed by atoms with Gasteiger partial charge in [0.05, 0.1) is 21.4 Å². The molecule has 0 radical (unpaired) electrons. The van der Waals surface area contributed by atoms with Crippen LogP contribution in [0.5, 0.6) is 5.75 Å². The molecular weight excluding hydrogens is 550 g/mol. The van der Waals surface area contributed by atoms with Crippen molar-refractivity contribution in [3.63, 3.8) is 0 Å². The average molecular weight is 584 g/mol. The molecule has 38 heavy (non-hydrogen) atoms. The molecule has 4 rings (SSSR count). The van der Waals surface area contributed by atoms with Gasteiger partial charge in [0, 0.05) is 38.6 Å². The third-order valence-corrected chi connectivity index (χ3v) is 11.1. The minimum Gasteiger partial charge on any atom is -0.492 e. The van der Waals surface area contributed by atoms with E-state index in [-0.39, 0.29) is 46.3 Å². The normalized spacial score (nSPS) is 18.3. The van der Waals surface area contributed by atoms with Gasteiger partial charge >= 0.3 is 0 Å². The number of piperidine rings is 2. The van der Waals surface area contributed by atoms with Crippen LogP contribution in [-0.2, 0) is 31.4 Å². The molecule has 0 saturated carbocycles. The minimum atomic E-state index is -3.74. The van der Waals surface area contributed by atoms with Gasteiger partial charge in [0.25, 0.3) is 0 Å². The zero-order valence-electron chi connectivity index (χ0n) is 21.4. The molecule has 12 heteroatoms. The molecule has 2 aromatic carbocycles. The summed E-state index contributed by atoms with van der Waals surface area (Å²) in [7, 11) is -7.23. The number of ether oxygens (including phenoxy) is 1. The van der Waals surface area contributed by atoms with Gasteiger partial charge in [-0.1, -0.05) is 30.2 Å². The van der Waals surface area contributed by atoms with Gasteiger partial charge in [0.1, 0.15) is 5.75 Å². The number of sulfonamides is 2. The van der Waals surface area contributed by atoms with Gasteiger partial charge in [0.2, 0.25) is 26.0 Å². The van der Waals surface area contributed by atoms with E-state index in [1.807, 2.05) is 6.92 Å². The van der Waals surface area contributed by atoms with Crippen LogP contribution in [0.3, 0.4) is 0 Å². The fourth-order valence-electron chi connectivity index (χ4n) is 4.79. The highest BCUT2D eigenvalue weighted by molar-refractivity contribution is 7.89. The number of carbonyl (C=O) groups excluding carboxylic acids is 1. The van der Waals surface area contributed by atoms with Crippen molar-refractivity contribution >= 4 is 37.6 Å². The van der Waals surface area contributed by atoms with Crippen LogP contribution in [0.2, 0.25) is 5.02 Å². The highest BCUT2D eigenvalue weighted by atomic mass is 35.5. The first-order valence-electron chi connectivity index (χ1n) is 12.9. The number of amides is 1. The van der Waals surface area contributed by atoms with Gasteiger partial charge in [-0.2, -0.15) is 8.61 Å². The maximum Gasteiger partial charge on any atom is 0.243 e. The zero-order chi connectivity index (χ0) is 27.3. The second-order valence-electron chi connectivity index (χ2n) is 9.53. The number of halogens is 1. The molecule has 0 spiro atoms. The summed E-state index contributed by atoms with van der Waals surface area (Å²) < 4.78 is 60.1. The molecule has 0 unspecified atom stereocenters. The predicted octanol–water partition coefficient (Wildman–Crippen LogP) is 3.63. The van der Waals surface area contributed by atoms with Crippen LogP contribution in [0.15, 0.2) is 52.3 Å². The molecule has 0 aromatic heterocycles. The molecule has 0 bridgehead atoms. The molecule has 0 aliphatic carbocycles. The molecule has 1 N–H and O–H groups in total. The smallest absolute Gasteiger partial charge is 0.243 e. The SMILES string of the molecule is CCOc1ccc(S(=O)(=O)N2CCC(C(=O)NCc3ccc(S(=O)(=O)N4CCCCC4)cc3)CC2)cc1Cl. The molecule has 0 atom stereocenters. The Kier molecular flexibility index (Phi) is 9.36. The maximum atomic E-state index is 13.1. The molecular formula is C26H34ClN3O6S2. The molecule has 2 aliphatic rings. The van der Waals surface area contributed by atoms with Crippen molar-refractivity contribution in [3.05, 3.63) is 53.1 Å². The molecule has 2 aliphatic heterocycles. The monoisotopic (exact) mass is 583 g/mol. The van der Waals surface area contributed by atoms with E-state index in [1.165, 1.54) is 20.7 Å². The Morgan fingerprint density at radius 3 is 2.08 bits per heavy atom. The van der Waals surface area contributed by atoms with Gasteiger partial charge < -0.3 is 10.1 Å². The summed E-state index contributed by atoms with van der Waals surface area (Å²) in [4.78, 5) is 13.1.